The van der Waals surface area contributed by atoms with Gasteiger partial charge in [-0.25, -0.2) is 0 Å². The summed E-state index contributed by atoms with van der Waals surface area (Å²) in [5.41, 5.74) is 0.969. The van der Waals surface area contributed by atoms with Gasteiger partial charge in [0.05, 0.1) is 11.5 Å². The number of aryl methyl sites for hydroxylation is 1. The van der Waals surface area contributed by atoms with Gasteiger partial charge in [-0.1, -0.05) is 17.7 Å². The fourth-order valence-electron chi connectivity index (χ4n) is 3.30. The van der Waals surface area contributed by atoms with Gasteiger partial charge in [0.1, 0.15) is 24.4 Å². The van der Waals surface area contributed by atoms with Crippen LogP contribution in [-0.4, -0.2) is 51.5 Å². The van der Waals surface area contributed by atoms with Crippen LogP contribution in [0, 0.1) is 6.92 Å². The van der Waals surface area contributed by atoms with Gasteiger partial charge in [-0.15, -0.1) is 0 Å². The van der Waals surface area contributed by atoms with E-state index in [0.29, 0.717) is 0 Å². The molecular formula is C16H20O7S. The molecule has 4 rings (SSSR count). The molecule has 3 aliphatic rings. The summed E-state index contributed by atoms with van der Waals surface area (Å²) in [4.78, 5) is 0.101. The zero-order valence-electron chi connectivity index (χ0n) is 13.7. The third-order valence-electron chi connectivity index (χ3n) is 4.40. The minimum Gasteiger partial charge on any atom is -0.347 e. The molecule has 24 heavy (non-hydrogen) atoms. The molecule has 0 N–H and O–H groups in total. The van der Waals surface area contributed by atoms with E-state index in [1.165, 1.54) is 12.1 Å². The lowest BCUT2D eigenvalue weighted by Crippen LogP contribution is -2.54. The third-order valence-corrected chi connectivity index (χ3v) is 5.73. The van der Waals surface area contributed by atoms with Gasteiger partial charge in [0.15, 0.2) is 12.1 Å². The Bertz CT molecular complexity index is 727. The van der Waals surface area contributed by atoms with E-state index in [1.54, 1.807) is 26.0 Å². The second-order valence-corrected chi connectivity index (χ2v) is 8.34. The average Bonchev–Trinajstić information content (AvgIpc) is 3.07. The highest BCUT2D eigenvalue weighted by Crippen LogP contribution is 2.42. The second-order valence-electron chi connectivity index (χ2n) is 6.77. The zero-order valence-corrected chi connectivity index (χ0v) is 14.5. The summed E-state index contributed by atoms with van der Waals surface area (Å²) in [5.74, 6) is -0.845. The van der Waals surface area contributed by atoms with Gasteiger partial charge in [-0.2, -0.15) is 8.42 Å². The summed E-state index contributed by atoms with van der Waals surface area (Å²) < 4.78 is 53.7. The molecule has 1 aromatic rings. The first-order chi connectivity index (χ1) is 11.3. The molecular weight excluding hydrogens is 336 g/mol. The van der Waals surface area contributed by atoms with Crippen LogP contribution < -0.4 is 0 Å². The van der Waals surface area contributed by atoms with Crippen molar-refractivity contribution in [3.05, 3.63) is 29.8 Å². The number of ether oxygens (including phenoxy) is 4. The van der Waals surface area contributed by atoms with Crippen molar-refractivity contribution in [2.45, 2.75) is 62.2 Å². The van der Waals surface area contributed by atoms with Crippen LogP contribution >= 0.6 is 0 Å². The number of rotatable bonds is 3. The average molecular weight is 356 g/mol. The van der Waals surface area contributed by atoms with Crippen molar-refractivity contribution in [3.8, 4) is 0 Å². The fourth-order valence-corrected chi connectivity index (χ4v) is 4.41. The molecule has 3 saturated heterocycles. The summed E-state index contributed by atoms with van der Waals surface area (Å²) in [6.07, 6.45) is -2.96. The molecule has 0 radical (unpaired) electrons. The zero-order chi connectivity index (χ0) is 17.1. The van der Waals surface area contributed by atoms with Crippen molar-refractivity contribution in [2.75, 3.05) is 6.61 Å². The quantitative estimate of drug-likeness (QED) is 0.756. The lowest BCUT2D eigenvalue weighted by Gasteiger charge is -2.34. The molecule has 0 spiro atoms. The Morgan fingerprint density at radius 3 is 2.50 bits per heavy atom. The molecule has 1 aromatic carbocycles. The normalized spacial score (nSPS) is 37.4. The predicted molar refractivity (Wildman–Crippen MR) is 81.7 cm³/mol. The Hall–Kier alpha value is -1.03. The molecule has 0 aromatic heterocycles. The first-order valence-electron chi connectivity index (χ1n) is 7.88. The summed E-state index contributed by atoms with van der Waals surface area (Å²) in [6, 6.07) is 6.50. The SMILES string of the molecule is Cc1ccc(S(=O)(=O)O[C@H]2[C@@H]3OC(C)(C)O[C@@H]3C3OC[C@H]2O3)cc1. The van der Waals surface area contributed by atoms with E-state index < -0.39 is 46.6 Å². The molecule has 132 valence electrons. The molecule has 1 unspecified atom stereocenters. The molecule has 7 nitrogen and oxygen atoms in total. The Morgan fingerprint density at radius 1 is 1.12 bits per heavy atom. The minimum absolute atomic E-state index is 0.101. The van der Waals surface area contributed by atoms with Crippen LogP contribution in [0.3, 0.4) is 0 Å². The van der Waals surface area contributed by atoms with E-state index in [-0.39, 0.29) is 11.5 Å². The van der Waals surface area contributed by atoms with Gasteiger partial charge in [0, 0.05) is 0 Å². The lowest BCUT2D eigenvalue weighted by atomic mass is 10.0. The Balaban J connectivity index is 1.62. The van der Waals surface area contributed by atoms with Crippen molar-refractivity contribution >= 4 is 10.1 Å². The van der Waals surface area contributed by atoms with Crippen LogP contribution in [0.4, 0.5) is 0 Å². The highest BCUT2D eigenvalue weighted by molar-refractivity contribution is 7.86. The van der Waals surface area contributed by atoms with E-state index in [0.717, 1.165) is 5.56 Å². The smallest absolute Gasteiger partial charge is 0.297 e. The van der Waals surface area contributed by atoms with E-state index in [9.17, 15) is 8.42 Å². The van der Waals surface area contributed by atoms with Crippen molar-refractivity contribution in [2.24, 2.45) is 0 Å². The van der Waals surface area contributed by atoms with Crippen LogP contribution in [0.2, 0.25) is 0 Å². The standard InChI is InChI=1S/C16H20O7S/c1-9-4-6-10(7-5-9)24(17,18)23-12-11-8-19-15(20-11)14-13(12)21-16(2,3)22-14/h4-7,11-15H,8H2,1-3H3/t11-,12-,13+,14+,15?/m1/s1. The van der Waals surface area contributed by atoms with E-state index >= 15 is 0 Å². The van der Waals surface area contributed by atoms with Gasteiger partial charge in [-0.05, 0) is 32.9 Å². The molecule has 2 bridgehead atoms. The first kappa shape index (κ1) is 16.4. The fraction of sp³-hybridized carbons (Fsp3) is 0.625. The maximum absolute atomic E-state index is 12.6. The summed E-state index contributed by atoms with van der Waals surface area (Å²) in [6.45, 7) is 5.67. The van der Waals surface area contributed by atoms with Gasteiger partial charge < -0.3 is 18.9 Å². The van der Waals surface area contributed by atoms with E-state index in [2.05, 4.69) is 0 Å². The largest absolute Gasteiger partial charge is 0.347 e. The molecule has 8 heteroatoms. The highest BCUT2D eigenvalue weighted by Gasteiger charge is 2.60. The second kappa shape index (κ2) is 5.48. The van der Waals surface area contributed by atoms with Crippen molar-refractivity contribution in [1.29, 1.82) is 0 Å². The van der Waals surface area contributed by atoms with Crippen LogP contribution in [0.5, 0.6) is 0 Å². The van der Waals surface area contributed by atoms with Crippen LogP contribution in [0.1, 0.15) is 19.4 Å². The van der Waals surface area contributed by atoms with Gasteiger partial charge in [-0.3, -0.25) is 4.18 Å². The van der Waals surface area contributed by atoms with Gasteiger partial charge >= 0.3 is 0 Å². The number of benzene rings is 1. The summed E-state index contributed by atoms with van der Waals surface area (Å²) >= 11 is 0. The summed E-state index contributed by atoms with van der Waals surface area (Å²) in [5, 5.41) is 0. The van der Waals surface area contributed by atoms with Crippen molar-refractivity contribution in [1.82, 2.24) is 0 Å². The van der Waals surface area contributed by atoms with Crippen molar-refractivity contribution < 1.29 is 31.5 Å². The minimum atomic E-state index is -3.95. The molecule has 0 saturated carbocycles. The van der Waals surface area contributed by atoms with Gasteiger partial charge in [0.2, 0.25) is 0 Å². The maximum atomic E-state index is 12.6. The Labute approximate surface area is 140 Å². The molecule has 3 heterocycles. The van der Waals surface area contributed by atoms with E-state index in [4.69, 9.17) is 23.1 Å². The maximum Gasteiger partial charge on any atom is 0.297 e. The topological polar surface area (TPSA) is 80.3 Å². The van der Waals surface area contributed by atoms with Crippen LogP contribution in [-0.2, 0) is 33.2 Å². The van der Waals surface area contributed by atoms with E-state index in [1.807, 2.05) is 6.92 Å². The molecule has 3 fully saturated rings. The first-order valence-corrected chi connectivity index (χ1v) is 9.29. The molecule has 5 atom stereocenters. The van der Waals surface area contributed by atoms with Crippen LogP contribution in [0.15, 0.2) is 29.2 Å². The molecule has 0 amide bonds. The third kappa shape index (κ3) is 2.77. The Morgan fingerprint density at radius 2 is 1.79 bits per heavy atom. The summed E-state index contributed by atoms with van der Waals surface area (Å²) in [7, 11) is -3.95. The highest BCUT2D eigenvalue weighted by atomic mass is 32.2. The van der Waals surface area contributed by atoms with Crippen molar-refractivity contribution in [3.63, 3.8) is 0 Å². The Kier molecular flexibility index (Phi) is 3.76. The van der Waals surface area contributed by atoms with Gasteiger partial charge in [0.25, 0.3) is 10.1 Å². The molecule has 3 aliphatic heterocycles. The molecule has 0 aliphatic carbocycles. The lowest BCUT2D eigenvalue weighted by molar-refractivity contribution is -0.195. The monoisotopic (exact) mass is 356 g/mol. The number of fused-ring (bicyclic) bond motifs is 4. The number of hydrogen-bond donors (Lipinski definition) is 0. The van der Waals surface area contributed by atoms with Crippen LogP contribution in [0.25, 0.3) is 0 Å². The number of hydrogen-bond acceptors (Lipinski definition) is 7. The predicted octanol–water partition coefficient (Wildman–Crippen LogP) is 1.34.